The maximum atomic E-state index is 12.4. The Morgan fingerprint density at radius 1 is 1.14 bits per heavy atom. The Morgan fingerprint density at radius 3 is 2.78 bits per heavy atom. The summed E-state index contributed by atoms with van der Waals surface area (Å²) in [6, 6.07) is 11.3. The predicted molar refractivity (Wildman–Crippen MR) is 139 cm³/mol. The molecule has 0 amide bonds. The van der Waals surface area contributed by atoms with E-state index in [-0.39, 0.29) is 29.8 Å². The van der Waals surface area contributed by atoms with Crippen LogP contribution >= 0.6 is 0 Å². The first kappa shape index (κ1) is 24.8. The molecule has 4 aromatic rings. The fraction of sp³-hybridized carbons (Fsp3) is 0.250. The van der Waals surface area contributed by atoms with E-state index in [9.17, 15) is 8.42 Å². The molecular weight excluding hydrogens is 494 g/mol. The van der Waals surface area contributed by atoms with Crippen LogP contribution in [0.4, 0.5) is 17.7 Å². The molecule has 1 aliphatic heterocycles. The number of nitrogens with two attached hydrogens (primary N) is 4. The van der Waals surface area contributed by atoms with Gasteiger partial charge in [-0.15, -0.1) is 0 Å². The van der Waals surface area contributed by atoms with Crippen LogP contribution < -0.4 is 22.5 Å². The molecule has 0 spiro atoms. The topological polar surface area (TPSA) is 208 Å². The number of fused-ring (bicyclic) bond motifs is 2. The normalized spacial score (nSPS) is 14.1. The molecule has 0 fully saturated rings. The van der Waals surface area contributed by atoms with Crippen LogP contribution in [0.25, 0.3) is 11.1 Å². The van der Waals surface area contributed by atoms with Crippen molar-refractivity contribution in [1.82, 2.24) is 19.3 Å². The third-order valence-electron chi connectivity index (χ3n) is 6.40. The minimum Gasteiger partial charge on any atom is -0.424 e. The zero-order chi connectivity index (χ0) is 26.2. The highest BCUT2D eigenvalue weighted by Gasteiger charge is 2.26. The van der Waals surface area contributed by atoms with Gasteiger partial charge < -0.3 is 21.6 Å². The molecule has 1 aliphatic rings. The quantitative estimate of drug-likeness (QED) is 0.200. The van der Waals surface area contributed by atoms with Gasteiger partial charge in [0.1, 0.15) is 29.8 Å². The zero-order valence-electron chi connectivity index (χ0n) is 20.0. The summed E-state index contributed by atoms with van der Waals surface area (Å²) in [5.74, 6) is 0.708. The Balaban J connectivity index is 1.34. The molecule has 0 aliphatic carbocycles. The SMILES string of the molecule is N=C(c1ccc2oc(N)nc2c1)c1c(N)ncnc1[NH2+]Cc1ccc2c(c1)CCN(S(=O)(=O)CCN)C2. The highest BCUT2D eigenvalue weighted by Crippen LogP contribution is 2.24. The molecule has 0 saturated heterocycles. The summed E-state index contributed by atoms with van der Waals surface area (Å²) in [6.45, 7) is 1.45. The van der Waals surface area contributed by atoms with Crippen LogP contribution in [0.3, 0.4) is 0 Å². The van der Waals surface area contributed by atoms with Crippen molar-refractivity contribution in [3.05, 3.63) is 70.5 Å². The van der Waals surface area contributed by atoms with Crippen LogP contribution in [0.15, 0.2) is 47.1 Å². The fourth-order valence-electron chi connectivity index (χ4n) is 4.51. The van der Waals surface area contributed by atoms with Gasteiger partial charge in [0, 0.05) is 30.8 Å². The van der Waals surface area contributed by atoms with Crippen LogP contribution in [-0.2, 0) is 29.5 Å². The number of nitrogen functional groups attached to an aromatic ring is 2. The summed E-state index contributed by atoms with van der Waals surface area (Å²) in [5, 5.41) is 10.7. The number of nitrogens with zero attached hydrogens (tertiary/aromatic N) is 4. The lowest BCUT2D eigenvalue weighted by Crippen LogP contribution is -2.77. The van der Waals surface area contributed by atoms with E-state index in [4.69, 9.17) is 27.0 Å². The number of quaternary nitrogens is 1. The highest BCUT2D eigenvalue weighted by atomic mass is 32.2. The van der Waals surface area contributed by atoms with Crippen molar-refractivity contribution in [1.29, 1.82) is 5.41 Å². The lowest BCUT2D eigenvalue weighted by Gasteiger charge is -2.28. The minimum absolute atomic E-state index is 0.0463. The summed E-state index contributed by atoms with van der Waals surface area (Å²) in [5.41, 5.74) is 22.7. The van der Waals surface area contributed by atoms with Gasteiger partial charge in [-0.05, 0) is 41.8 Å². The number of aromatic nitrogens is 3. The number of oxazole rings is 1. The summed E-state index contributed by atoms with van der Waals surface area (Å²) >= 11 is 0. The van der Waals surface area contributed by atoms with Crippen molar-refractivity contribution in [2.24, 2.45) is 5.73 Å². The van der Waals surface area contributed by atoms with E-state index in [1.54, 1.807) is 18.2 Å². The van der Waals surface area contributed by atoms with Gasteiger partial charge in [-0.2, -0.15) is 14.3 Å². The lowest BCUT2D eigenvalue weighted by molar-refractivity contribution is -0.592. The maximum absolute atomic E-state index is 12.4. The highest BCUT2D eigenvalue weighted by molar-refractivity contribution is 7.89. The summed E-state index contributed by atoms with van der Waals surface area (Å²) in [4.78, 5) is 12.6. The Bertz CT molecular complexity index is 1600. The van der Waals surface area contributed by atoms with Gasteiger partial charge in [0.05, 0.1) is 11.5 Å². The zero-order valence-corrected chi connectivity index (χ0v) is 20.8. The molecule has 9 N–H and O–H groups in total. The smallest absolute Gasteiger partial charge is 0.292 e. The number of hydrogen-bond donors (Lipinski definition) is 5. The van der Waals surface area contributed by atoms with Gasteiger partial charge in [-0.3, -0.25) is 10.7 Å². The van der Waals surface area contributed by atoms with Crippen LogP contribution in [0.5, 0.6) is 0 Å². The summed E-state index contributed by atoms with van der Waals surface area (Å²) in [6.07, 6.45) is 2.01. The Hall–Kier alpha value is -3.91. The molecule has 5 rings (SSSR count). The van der Waals surface area contributed by atoms with Crippen LogP contribution in [-0.4, -0.2) is 52.2 Å². The lowest BCUT2D eigenvalue weighted by atomic mass is 9.98. The van der Waals surface area contributed by atoms with Gasteiger partial charge in [-0.25, -0.2) is 13.4 Å². The minimum atomic E-state index is -3.34. The largest absolute Gasteiger partial charge is 0.424 e. The third kappa shape index (κ3) is 5.02. The number of rotatable bonds is 8. The van der Waals surface area contributed by atoms with Crippen molar-refractivity contribution in [3.8, 4) is 0 Å². The van der Waals surface area contributed by atoms with Gasteiger partial charge >= 0.3 is 0 Å². The molecule has 37 heavy (non-hydrogen) atoms. The molecule has 0 atom stereocenters. The Morgan fingerprint density at radius 2 is 1.97 bits per heavy atom. The number of benzene rings is 2. The van der Waals surface area contributed by atoms with E-state index < -0.39 is 10.0 Å². The number of sulfonamides is 1. The predicted octanol–water partition coefficient (Wildman–Crippen LogP) is 0.240. The van der Waals surface area contributed by atoms with Gasteiger partial charge in [0.2, 0.25) is 15.8 Å². The van der Waals surface area contributed by atoms with Crippen molar-refractivity contribution in [2.45, 2.75) is 19.5 Å². The number of hydrogen-bond acceptors (Lipinski definition) is 10. The van der Waals surface area contributed by atoms with E-state index in [2.05, 4.69) is 21.0 Å². The van der Waals surface area contributed by atoms with Crippen molar-refractivity contribution >= 4 is 44.5 Å². The fourth-order valence-corrected chi connectivity index (χ4v) is 5.77. The molecule has 192 valence electrons. The van der Waals surface area contributed by atoms with Gasteiger partial charge in [-0.1, -0.05) is 12.1 Å². The molecule has 13 heteroatoms. The molecule has 2 aromatic heterocycles. The summed E-state index contributed by atoms with van der Waals surface area (Å²) < 4.78 is 31.6. The molecule has 0 radical (unpaired) electrons. The van der Waals surface area contributed by atoms with Crippen molar-refractivity contribution < 1.29 is 18.2 Å². The first-order chi connectivity index (χ1) is 17.7. The second-order valence-corrected chi connectivity index (χ2v) is 10.9. The second kappa shape index (κ2) is 9.86. The number of nitrogens with one attached hydrogen (secondary N) is 1. The molecule has 0 unspecified atom stereocenters. The van der Waals surface area contributed by atoms with Crippen molar-refractivity contribution in [3.63, 3.8) is 0 Å². The molecule has 0 bridgehead atoms. The van der Waals surface area contributed by atoms with E-state index in [1.807, 2.05) is 17.4 Å². The van der Waals surface area contributed by atoms with E-state index in [0.29, 0.717) is 54.1 Å². The van der Waals surface area contributed by atoms with E-state index in [0.717, 1.165) is 16.7 Å². The van der Waals surface area contributed by atoms with Gasteiger partial charge in [0.15, 0.2) is 5.58 Å². The van der Waals surface area contributed by atoms with Crippen molar-refractivity contribution in [2.75, 3.05) is 30.3 Å². The first-order valence-corrected chi connectivity index (χ1v) is 13.3. The van der Waals surface area contributed by atoms with Crippen LogP contribution in [0.1, 0.15) is 27.8 Å². The average Bonchev–Trinajstić information content (AvgIpc) is 3.26. The van der Waals surface area contributed by atoms with E-state index in [1.165, 1.54) is 10.6 Å². The Labute approximate surface area is 213 Å². The van der Waals surface area contributed by atoms with Crippen LogP contribution in [0, 0.1) is 5.41 Å². The Kier molecular flexibility index (Phi) is 6.60. The van der Waals surface area contributed by atoms with Crippen LogP contribution in [0.2, 0.25) is 0 Å². The average molecular weight is 523 g/mol. The molecule has 0 saturated carbocycles. The molecular formula is C24H28N9O3S+. The van der Waals surface area contributed by atoms with Gasteiger partial charge in [0.25, 0.3) is 6.01 Å². The second-order valence-electron chi connectivity index (χ2n) is 8.83. The molecule has 2 aromatic carbocycles. The standard InChI is InChI=1S/C24H27N9O3S/c25-6-8-37(34,35)33-7-5-15-9-14(1-2-17(15)12-33)11-29-23-20(22(27)30-13-31-23)21(26)16-3-4-19-18(10-16)32-24(28)36-19/h1-4,9-10,13,26H,5-8,11-12,25H2,(H2,28,32)(H3,27,29,30,31)/p+1. The summed E-state index contributed by atoms with van der Waals surface area (Å²) in [7, 11) is -3.34. The monoisotopic (exact) mass is 522 g/mol. The third-order valence-corrected chi connectivity index (χ3v) is 8.25. The maximum Gasteiger partial charge on any atom is 0.292 e. The number of anilines is 2. The molecule has 3 heterocycles. The molecule has 12 nitrogen and oxygen atoms in total. The van der Waals surface area contributed by atoms with E-state index >= 15 is 0 Å². The first-order valence-electron chi connectivity index (χ1n) is 11.7.